The molecule has 3 nitrogen and oxygen atoms in total. The Hall–Kier alpha value is -1.16. The van der Waals surface area contributed by atoms with Gasteiger partial charge < -0.3 is 9.47 Å². The summed E-state index contributed by atoms with van der Waals surface area (Å²) in [5.74, 6) is -0.115. The summed E-state index contributed by atoms with van der Waals surface area (Å²) in [6.07, 6.45) is 24.6. The molecule has 0 aliphatic carbocycles. The Morgan fingerprint density at radius 1 is 0.697 bits per heavy atom. The number of alkyl halides is 1. The van der Waals surface area contributed by atoms with Crippen LogP contribution in [0.2, 0.25) is 0 Å². The zero-order valence-electron chi connectivity index (χ0n) is 22.4. The van der Waals surface area contributed by atoms with E-state index in [0.717, 1.165) is 38.5 Å². The molecule has 0 N–H and O–H groups in total. The van der Waals surface area contributed by atoms with Gasteiger partial charge in [0.2, 0.25) is 0 Å². The fraction of sp³-hybridized carbons (Fsp3) is 0.828. The Bertz CT molecular complexity index is 517. The van der Waals surface area contributed by atoms with E-state index in [-0.39, 0.29) is 18.2 Å². The summed E-state index contributed by atoms with van der Waals surface area (Å²) in [4.78, 5) is 12.1. The number of halogens is 1. The smallest absolute Gasteiger partial charge is 0.306 e. The maximum Gasteiger partial charge on any atom is 0.306 e. The minimum Gasteiger partial charge on any atom is -0.460 e. The molecule has 4 heteroatoms. The summed E-state index contributed by atoms with van der Waals surface area (Å²) in [6.45, 7) is 10.4. The molecular formula is C29H53FO3. The number of unbranched alkanes of at least 4 members (excludes halogenated alkanes) is 10. The Kier molecular flexibility index (Phi) is 19.5. The SMILES string of the molecule is CC(C)(C)OCCC(C)(C)OC(=O)CCC/C=C\CCCCCCC/C=C\CCCCCF. The maximum atomic E-state index is 12.1. The first-order valence-corrected chi connectivity index (χ1v) is 13.4. The molecule has 0 atom stereocenters. The second kappa shape index (κ2) is 20.2. The Morgan fingerprint density at radius 3 is 1.64 bits per heavy atom. The third kappa shape index (κ3) is 25.3. The number of rotatable bonds is 21. The zero-order chi connectivity index (χ0) is 24.8. The van der Waals surface area contributed by atoms with Gasteiger partial charge in [0.1, 0.15) is 5.60 Å². The highest BCUT2D eigenvalue weighted by Gasteiger charge is 2.23. The van der Waals surface area contributed by atoms with Crippen molar-refractivity contribution in [3.8, 4) is 0 Å². The average molecular weight is 469 g/mol. The fourth-order valence-corrected chi connectivity index (χ4v) is 3.44. The van der Waals surface area contributed by atoms with E-state index in [4.69, 9.17) is 9.47 Å². The van der Waals surface area contributed by atoms with Crippen molar-refractivity contribution in [1.82, 2.24) is 0 Å². The van der Waals surface area contributed by atoms with Gasteiger partial charge in [-0.3, -0.25) is 9.18 Å². The zero-order valence-corrected chi connectivity index (χ0v) is 22.4. The van der Waals surface area contributed by atoms with Crippen LogP contribution >= 0.6 is 0 Å². The maximum absolute atomic E-state index is 12.1. The molecule has 0 saturated heterocycles. The largest absolute Gasteiger partial charge is 0.460 e. The molecule has 0 heterocycles. The van der Waals surface area contributed by atoms with Gasteiger partial charge in [0, 0.05) is 12.8 Å². The van der Waals surface area contributed by atoms with Crippen LogP contribution in [-0.4, -0.2) is 30.5 Å². The molecule has 0 spiro atoms. The minimum atomic E-state index is -0.481. The standard InChI is InChI=1S/C29H53FO3/c1-28(2,3)32-26-24-29(4,5)33-27(31)23-21-19-17-15-13-11-9-7-6-8-10-12-14-16-18-20-22-25-30/h12,14-15,17H,6-11,13,16,18-26H2,1-5H3/b14-12-,17-15-. The molecule has 0 fully saturated rings. The number of carbonyl (C=O) groups is 1. The number of carbonyl (C=O) groups excluding carboxylic acids is 1. The summed E-state index contributed by atoms with van der Waals surface area (Å²) in [6, 6.07) is 0. The van der Waals surface area contributed by atoms with Crippen LogP contribution in [0.5, 0.6) is 0 Å². The van der Waals surface area contributed by atoms with Gasteiger partial charge in [0.25, 0.3) is 0 Å². The van der Waals surface area contributed by atoms with Crippen molar-refractivity contribution in [3.05, 3.63) is 24.3 Å². The summed E-state index contributed by atoms with van der Waals surface area (Å²) < 4.78 is 23.3. The molecule has 0 bridgehead atoms. The number of allylic oxidation sites excluding steroid dienone is 4. The molecular weight excluding hydrogens is 415 g/mol. The quantitative estimate of drug-likeness (QED) is 0.0957. The van der Waals surface area contributed by atoms with E-state index in [2.05, 4.69) is 24.3 Å². The second-order valence-corrected chi connectivity index (χ2v) is 10.7. The third-order valence-corrected chi connectivity index (χ3v) is 5.46. The molecule has 0 saturated carbocycles. The average Bonchev–Trinajstić information content (AvgIpc) is 2.71. The first-order chi connectivity index (χ1) is 15.7. The highest BCUT2D eigenvalue weighted by molar-refractivity contribution is 5.69. The summed E-state index contributed by atoms with van der Waals surface area (Å²) in [7, 11) is 0. The van der Waals surface area contributed by atoms with Crippen LogP contribution in [0.4, 0.5) is 4.39 Å². The molecule has 0 aliphatic rings. The highest BCUT2D eigenvalue weighted by Crippen LogP contribution is 2.18. The van der Waals surface area contributed by atoms with Crippen LogP contribution < -0.4 is 0 Å². The molecule has 0 aromatic rings. The van der Waals surface area contributed by atoms with Gasteiger partial charge in [-0.15, -0.1) is 0 Å². The Balaban J connectivity index is 3.53. The van der Waals surface area contributed by atoms with Gasteiger partial charge in [0.15, 0.2) is 0 Å². The topological polar surface area (TPSA) is 35.5 Å². The van der Waals surface area contributed by atoms with E-state index >= 15 is 0 Å². The van der Waals surface area contributed by atoms with Crippen molar-refractivity contribution in [2.45, 2.75) is 142 Å². The summed E-state index contributed by atoms with van der Waals surface area (Å²) in [5.41, 5.74) is -0.645. The lowest BCUT2D eigenvalue weighted by atomic mass is 10.1. The van der Waals surface area contributed by atoms with Crippen LogP contribution in [0.25, 0.3) is 0 Å². The fourth-order valence-electron chi connectivity index (χ4n) is 3.44. The van der Waals surface area contributed by atoms with Crippen molar-refractivity contribution >= 4 is 5.97 Å². The predicted octanol–water partition coefficient (Wildman–Crippen LogP) is 9.06. The lowest BCUT2D eigenvalue weighted by Gasteiger charge is -2.27. The summed E-state index contributed by atoms with van der Waals surface area (Å²) in [5, 5.41) is 0. The molecule has 0 unspecified atom stereocenters. The first kappa shape index (κ1) is 31.8. The van der Waals surface area contributed by atoms with Crippen LogP contribution in [0.15, 0.2) is 24.3 Å². The highest BCUT2D eigenvalue weighted by atomic mass is 19.1. The van der Waals surface area contributed by atoms with Crippen molar-refractivity contribution in [2.75, 3.05) is 13.3 Å². The predicted molar refractivity (Wildman–Crippen MR) is 139 cm³/mol. The van der Waals surface area contributed by atoms with E-state index in [0.29, 0.717) is 25.9 Å². The van der Waals surface area contributed by atoms with Crippen LogP contribution in [0.3, 0.4) is 0 Å². The van der Waals surface area contributed by atoms with E-state index in [9.17, 15) is 9.18 Å². The van der Waals surface area contributed by atoms with Crippen molar-refractivity contribution in [2.24, 2.45) is 0 Å². The van der Waals surface area contributed by atoms with Crippen LogP contribution in [0, 0.1) is 0 Å². The molecule has 33 heavy (non-hydrogen) atoms. The molecule has 0 aliphatic heterocycles. The minimum absolute atomic E-state index is 0.115. The number of esters is 1. The van der Waals surface area contributed by atoms with Crippen molar-refractivity contribution < 1.29 is 18.7 Å². The first-order valence-electron chi connectivity index (χ1n) is 13.4. The van der Waals surface area contributed by atoms with E-state index in [1.807, 2.05) is 34.6 Å². The van der Waals surface area contributed by atoms with Crippen LogP contribution in [-0.2, 0) is 14.3 Å². The van der Waals surface area contributed by atoms with Gasteiger partial charge in [-0.1, -0.05) is 50.0 Å². The molecule has 0 aromatic carbocycles. The van der Waals surface area contributed by atoms with Gasteiger partial charge in [-0.2, -0.15) is 0 Å². The number of ether oxygens (including phenoxy) is 2. The van der Waals surface area contributed by atoms with E-state index < -0.39 is 5.60 Å². The van der Waals surface area contributed by atoms with Gasteiger partial charge in [0.05, 0.1) is 18.9 Å². The van der Waals surface area contributed by atoms with Crippen molar-refractivity contribution in [1.29, 1.82) is 0 Å². The normalized spacial score (nSPS) is 12.8. The number of hydrogen-bond acceptors (Lipinski definition) is 3. The molecule has 0 radical (unpaired) electrons. The summed E-state index contributed by atoms with van der Waals surface area (Å²) >= 11 is 0. The monoisotopic (exact) mass is 468 g/mol. The van der Waals surface area contributed by atoms with E-state index in [1.165, 1.54) is 38.5 Å². The second-order valence-electron chi connectivity index (χ2n) is 10.7. The lowest BCUT2D eigenvalue weighted by molar-refractivity contribution is -0.159. The van der Waals surface area contributed by atoms with Gasteiger partial charge >= 0.3 is 5.97 Å². The van der Waals surface area contributed by atoms with Gasteiger partial charge in [-0.05, 0) is 92.4 Å². The molecule has 0 aromatic heterocycles. The Morgan fingerprint density at radius 2 is 1.15 bits per heavy atom. The Labute approximate surface area is 204 Å². The number of hydrogen-bond donors (Lipinski definition) is 0. The molecule has 194 valence electrons. The molecule has 0 rings (SSSR count). The van der Waals surface area contributed by atoms with Crippen LogP contribution in [0.1, 0.15) is 131 Å². The van der Waals surface area contributed by atoms with E-state index in [1.54, 1.807) is 0 Å². The lowest BCUT2D eigenvalue weighted by Crippen LogP contribution is -2.31. The third-order valence-electron chi connectivity index (χ3n) is 5.46. The van der Waals surface area contributed by atoms with Crippen molar-refractivity contribution in [3.63, 3.8) is 0 Å². The molecule has 0 amide bonds. The van der Waals surface area contributed by atoms with Gasteiger partial charge in [-0.25, -0.2) is 0 Å².